The lowest BCUT2D eigenvalue weighted by atomic mass is 10.1. The van der Waals surface area contributed by atoms with E-state index in [-0.39, 0.29) is 24.1 Å². The van der Waals surface area contributed by atoms with Crippen LogP contribution in [0.5, 0.6) is 0 Å². The highest BCUT2D eigenvalue weighted by atomic mass is 33.5. The van der Waals surface area contributed by atoms with Crippen molar-refractivity contribution in [3.63, 3.8) is 0 Å². The molecule has 328 valence electrons. The van der Waals surface area contributed by atoms with Crippen LogP contribution in [0, 0.1) is 0 Å². The van der Waals surface area contributed by atoms with Crippen LogP contribution in [0.25, 0.3) is 0 Å². The highest BCUT2D eigenvalue weighted by Gasteiger charge is 2.16. The summed E-state index contributed by atoms with van der Waals surface area (Å²) in [7, 11) is 15.4. The zero-order valence-electron chi connectivity index (χ0n) is 36.5. The Morgan fingerprint density at radius 1 is 0.436 bits per heavy atom. The maximum atomic E-state index is 12.5. The summed E-state index contributed by atoms with van der Waals surface area (Å²) < 4.78 is 11.6. The third-order valence-corrected chi connectivity index (χ3v) is 18.6. The molecule has 55 heavy (non-hydrogen) atoms. The predicted molar refractivity (Wildman–Crippen MR) is 258 cm³/mol. The second-order valence-electron chi connectivity index (χ2n) is 15.2. The number of unbranched alkanes of at least 4 members (excludes halogenated alkanes) is 18. The molecule has 0 aliphatic rings. The fraction of sp³-hybridized carbons (Fsp3) is 0.953. The molecular formula is C43H86N2O4S6. The van der Waals surface area contributed by atoms with Gasteiger partial charge in [-0.25, -0.2) is 0 Å². The first-order valence-electron chi connectivity index (χ1n) is 22.4. The average molecular weight is 888 g/mol. The Morgan fingerprint density at radius 3 is 1.09 bits per heavy atom. The summed E-state index contributed by atoms with van der Waals surface area (Å²) in [6.07, 6.45) is 31.1. The largest absolute Gasteiger partial charge is 0.461 e. The van der Waals surface area contributed by atoms with E-state index in [1.807, 2.05) is 62.8 Å². The quantitative estimate of drug-likeness (QED) is 0.0333. The number of carbonyl (C=O) groups is 2. The molecule has 0 radical (unpaired) electrons. The van der Waals surface area contributed by atoms with E-state index in [0.29, 0.717) is 25.9 Å². The van der Waals surface area contributed by atoms with E-state index in [2.05, 4.69) is 51.6 Å². The van der Waals surface area contributed by atoms with Gasteiger partial charge in [0.2, 0.25) is 0 Å². The fourth-order valence-electron chi connectivity index (χ4n) is 6.00. The molecule has 0 saturated carbocycles. The lowest BCUT2D eigenvalue weighted by molar-refractivity contribution is -0.149. The van der Waals surface area contributed by atoms with Crippen molar-refractivity contribution < 1.29 is 19.1 Å². The van der Waals surface area contributed by atoms with E-state index in [1.165, 1.54) is 140 Å². The highest BCUT2D eigenvalue weighted by Crippen LogP contribution is 2.37. The third kappa shape index (κ3) is 41.5. The van der Waals surface area contributed by atoms with Crippen molar-refractivity contribution >= 4 is 74.8 Å². The van der Waals surface area contributed by atoms with Crippen molar-refractivity contribution in [3.8, 4) is 0 Å². The van der Waals surface area contributed by atoms with E-state index in [1.54, 1.807) is 0 Å². The lowest BCUT2D eigenvalue weighted by Crippen LogP contribution is -2.30. The van der Waals surface area contributed by atoms with Crippen LogP contribution in [0.4, 0.5) is 0 Å². The van der Waals surface area contributed by atoms with Gasteiger partial charge in [-0.2, -0.15) is 0 Å². The number of hydrogen-bond donors (Lipinski definition) is 0. The molecule has 0 aromatic heterocycles. The van der Waals surface area contributed by atoms with Crippen molar-refractivity contribution in [2.24, 2.45) is 0 Å². The third-order valence-electron chi connectivity index (χ3n) is 9.84. The van der Waals surface area contributed by atoms with Gasteiger partial charge in [0.1, 0.15) is 12.2 Å². The summed E-state index contributed by atoms with van der Waals surface area (Å²) in [5, 5.41) is 0. The van der Waals surface area contributed by atoms with Crippen LogP contribution in [0.15, 0.2) is 0 Å². The van der Waals surface area contributed by atoms with E-state index < -0.39 is 0 Å². The van der Waals surface area contributed by atoms with E-state index in [9.17, 15) is 9.59 Å². The number of carbonyl (C=O) groups excluding carboxylic acids is 2. The molecule has 0 fully saturated rings. The molecule has 6 nitrogen and oxygen atoms in total. The summed E-state index contributed by atoms with van der Waals surface area (Å²) in [5.74, 6) is 3.92. The molecule has 0 aromatic carbocycles. The van der Waals surface area contributed by atoms with Gasteiger partial charge in [-0.3, -0.25) is 9.59 Å². The smallest absolute Gasteiger partial charge is 0.307 e. The minimum absolute atomic E-state index is 0.0121. The second kappa shape index (κ2) is 44.5. The minimum Gasteiger partial charge on any atom is -0.461 e. The van der Waals surface area contributed by atoms with Gasteiger partial charge in [0.15, 0.2) is 0 Å². The zero-order chi connectivity index (χ0) is 40.5. The maximum absolute atomic E-state index is 12.5. The molecule has 0 aliphatic carbocycles. The van der Waals surface area contributed by atoms with Crippen molar-refractivity contribution in [1.29, 1.82) is 0 Å². The predicted octanol–water partition coefficient (Wildman–Crippen LogP) is 14.6. The summed E-state index contributed by atoms with van der Waals surface area (Å²) in [5.41, 5.74) is 0. The van der Waals surface area contributed by atoms with Crippen LogP contribution < -0.4 is 0 Å². The number of esters is 2. The van der Waals surface area contributed by atoms with E-state index in [0.717, 1.165) is 43.9 Å². The van der Waals surface area contributed by atoms with Gasteiger partial charge in [-0.05, 0) is 78.9 Å². The van der Waals surface area contributed by atoms with Crippen molar-refractivity contribution in [3.05, 3.63) is 0 Å². The molecule has 0 N–H and O–H groups in total. The van der Waals surface area contributed by atoms with Crippen LogP contribution in [-0.4, -0.2) is 97.2 Å². The van der Waals surface area contributed by atoms with Crippen LogP contribution in [-0.2, 0) is 19.1 Å². The normalized spacial score (nSPS) is 12.8. The first-order chi connectivity index (χ1) is 26.9. The minimum atomic E-state index is -0.0941. The van der Waals surface area contributed by atoms with Gasteiger partial charge < -0.3 is 19.3 Å². The number of nitrogens with zero attached hydrogens (tertiary/aromatic N) is 2. The van der Waals surface area contributed by atoms with Crippen LogP contribution in [0.3, 0.4) is 0 Å². The summed E-state index contributed by atoms with van der Waals surface area (Å²) in [6.45, 7) is 12.0. The highest BCUT2D eigenvalue weighted by molar-refractivity contribution is 9.09. The van der Waals surface area contributed by atoms with Gasteiger partial charge in [-0.1, -0.05) is 186 Å². The molecular weight excluding hydrogens is 801 g/mol. The number of rotatable bonds is 44. The Kier molecular flexibility index (Phi) is 45.3. The van der Waals surface area contributed by atoms with Gasteiger partial charge in [0.05, 0.1) is 12.8 Å². The molecule has 2 atom stereocenters. The molecule has 0 saturated heterocycles. The van der Waals surface area contributed by atoms with Gasteiger partial charge in [0, 0.05) is 36.1 Å². The Labute approximate surface area is 364 Å². The molecule has 2 unspecified atom stereocenters. The molecule has 0 rings (SSSR count). The van der Waals surface area contributed by atoms with Gasteiger partial charge in [-0.15, -0.1) is 0 Å². The van der Waals surface area contributed by atoms with Crippen LogP contribution in [0.1, 0.15) is 188 Å². The molecule has 12 heteroatoms. The first-order valence-corrected chi connectivity index (χ1v) is 30.1. The van der Waals surface area contributed by atoms with Crippen molar-refractivity contribution in [2.45, 2.75) is 200 Å². The summed E-state index contributed by atoms with van der Waals surface area (Å²) in [6, 6.07) is 0. The Hall–Kier alpha value is 0.960. The standard InChI is InChI=1S/C43H86N2O4S6/c1-7-11-13-15-17-19-21-23-25-27-36-50-54-52-38-40(9-3)48-42(46)30-34-44(5)32-29-33-45(6)35-31-43(47)49-41(10-4)39-53-55-51-37-28-26-24-22-20-18-16-14-12-8-2/h40-41H,7-39H2,1-6H3. The Balaban J connectivity index is 3.78. The second-order valence-corrected chi connectivity index (χ2v) is 24.0. The van der Waals surface area contributed by atoms with Crippen LogP contribution >= 0.6 is 62.8 Å². The van der Waals surface area contributed by atoms with Crippen LogP contribution in [0.2, 0.25) is 0 Å². The molecule has 0 aliphatic heterocycles. The zero-order valence-corrected chi connectivity index (χ0v) is 41.4. The molecule has 0 heterocycles. The first kappa shape index (κ1) is 56.0. The SMILES string of the molecule is CCCCCCCCCCCCSSSCC(CC)OC(=O)CCN(C)CCCN(C)CCC(=O)OC(CC)CSSSCCCCCCCCCCCC. The van der Waals surface area contributed by atoms with Gasteiger partial charge in [0.25, 0.3) is 0 Å². The van der Waals surface area contributed by atoms with E-state index >= 15 is 0 Å². The average Bonchev–Trinajstić information content (AvgIpc) is 3.18. The maximum Gasteiger partial charge on any atom is 0.307 e. The topological polar surface area (TPSA) is 59.1 Å². The fourth-order valence-corrected chi connectivity index (χ4v) is 14.2. The number of hydrogen-bond acceptors (Lipinski definition) is 12. The summed E-state index contributed by atoms with van der Waals surface area (Å²) >= 11 is 0. The molecule has 0 bridgehead atoms. The van der Waals surface area contributed by atoms with E-state index in [4.69, 9.17) is 9.47 Å². The van der Waals surface area contributed by atoms with Crippen molar-refractivity contribution in [2.75, 3.05) is 63.3 Å². The molecule has 0 amide bonds. The Morgan fingerprint density at radius 2 is 0.764 bits per heavy atom. The van der Waals surface area contributed by atoms with Crippen molar-refractivity contribution in [1.82, 2.24) is 9.80 Å². The number of ether oxygens (including phenoxy) is 2. The lowest BCUT2D eigenvalue weighted by Gasteiger charge is -2.21. The van der Waals surface area contributed by atoms with Gasteiger partial charge >= 0.3 is 11.9 Å². The Bertz CT molecular complexity index is 770. The molecule has 0 aromatic rings. The summed E-state index contributed by atoms with van der Waals surface area (Å²) in [4.78, 5) is 29.5. The molecule has 0 spiro atoms. The monoisotopic (exact) mass is 886 g/mol.